The Bertz CT molecular complexity index is 904. The molecule has 1 amide bonds. The molecule has 0 atom stereocenters. The third-order valence-electron chi connectivity index (χ3n) is 3.81. The lowest BCUT2D eigenvalue weighted by Crippen LogP contribution is -2.27. The standard InChI is InChI=1S/C20H18F2N2O2S/c21-20(22)26-16-8-5-14(6-9-16)11-12-23-18(25)13-27-19-10-7-15-3-1-2-4-17(15)24-19/h1-10,20H,11-13H2,(H,23,25). The third kappa shape index (κ3) is 5.92. The molecule has 0 bridgehead atoms. The third-order valence-corrected chi connectivity index (χ3v) is 4.74. The van der Waals surface area contributed by atoms with Gasteiger partial charge in [0.25, 0.3) is 0 Å². The summed E-state index contributed by atoms with van der Waals surface area (Å²) in [6.45, 7) is -2.36. The number of carbonyl (C=O) groups is 1. The van der Waals surface area contributed by atoms with Gasteiger partial charge in [-0.15, -0.1) is 0 Å². The second-order valence-corrected chi connectivity index (χ2v) is 6.75. The summed E-state index contributed by atoms with van der Waals surface area (Å²) >= 11 is 1.39. The monoisotopic (exact) mass is 388 g/mol. The first-order valence-corrected chi connectivity index (χ1v) is 9.38. The van der Waals surface area contributed by atoms with Crippen LogP contribution in [0, 0.1) is 0 Å². The summed E-state index contributed by atoms with van der Waals surface area (Å²) in [7, 11) is 0. The summed E-state index contributed by atoms with van der Waals surface area (Å²) in [4.78, 5) is 16.5. The van der Waals surface area contributed by atoms with Gasteiger partial charge in [0.15, 0.2) is 0 Å². The molecule has 0 aliphatic rings. The van der Waals surface area contributed by atoms with Gasteiger partial charge in [-0.25, -0.2) is 4.98 Å². The maximum atomic E-state index is 12.1. The van der Waals surface area contributed by atoms with Crippen LogP contribution in [0.2, 0.25) is 0 Å². The second-order valence-electron chi connectivity index (χ2n) is 5.75. The average Bonchev–Trinajstić information content (AvgIpc) is 2.67. The normalized spacial score (nSPS) is 10.9. The Morgan fingerprint density at radius 1 is 1.07 bits per heavy atom. The highest BCUT2D eigenvalue weighted by Crippen LogP contribution is 2.19. The predicted molar refractivity (Wildman–Crippen MR) is 102 cm³/mol. The molecule has 4 nitrogen and oxygen atoms in total. The van der Waals surface area contributed by atoms with E-state index in [2.05, 4.69) is 15.0 Å². The number of para-hydroxylation sites is 1. The van der Waals surface area contributed by atoms with E-state index in [9.17, 15) is 13.6 Å². The van der Waals surface area contributed by atoms with Gasteiger partial charge in [0, 0.05) is 11.9 Å². The van der Waals surface area contributed by atoms with Crippen molar-refractivity contribution in [2.75, 3.05) is 12.3 Å². The van der Waals surface area contributed by atoms with E-state index in [0.29, 0.717) is 13.0 Å². The average molecular weight is 388 g/mol. The Kier molecular flexibility index (Phi) is 6.59. The van der Waals surface area contributed by atoms with Crippen LogP contribution in [0.3, 0.4) is 0 Å². The molecule has 0 fully saturated rings. The van der Waals surface area contributed by atoms with E-state index in [0.717, 1.165) is 21.5 Å². The number of thioether (sulfide) groups is 1. The lowest BCUT2D eigenvalue weighted by atomic mass is 10.1. The van der Waals surface area contributed by atoms with Crippen LogP contribution in [-0.4, -0.2) is 29.8 Å². The molecule has 3 rings (SSSR count). The van der Waals surface area contributed by atoms with Crippen molar-refractivity contribution in [2.45, 2.75) is 18.1 Å². The summed E-state index contributed by atoms with van der Waals surface area (Å²) in [6, 6.07) is 18.1. The van der Waals surface area contributed by atoms with Gasteiger partial charge in [0.1, 0.15) is 5.75 Å². The lowest BCUT2D eigenvalue weighted by Gasteiger charge is -2.07. The van der Waals surface area contributed by atoms with E-state index >= 15 is 0 Å². The minimum Gasteiger partial charge on any atom is -0.435 e. The number of hydrogen-bond donors (Lipinski definition) is 1. The van der Waals surface area contributed by atoms with Crippen molar-refractivity contribution < 1.29 is 18.3 Å². The van der Waals surface area contributed by atoms with E-state index in [1.54, 1.807) is 12.1 Å². The molecule has 0 saturated heterocycles. The summed E-state index contributed by atoms with van der Waals surface area (Å²) in [5.41, 5.74) is 1.84. The molecule has 1 heterocycles. The Labute approximate surface area is 159 Å². The molecule has 1 aromatic heterocycles. The van der Waals surface area contributed by atoms with Crippen LogP contribution in [0.15, 0.2) is 65.7 Å². The quantitative estimate of drug-likeness (QED) is 0.585. The van der Waals surface area contributed by atoms with Crippen LogP contribution < -0.4 is 10.1 Å². The first-order valence-electron chi connectivity index (χ1n) is 8.39. The molecule has 27 heavy (non-hydrogen) atoms. The van der Waals surface area contributed by atoms with Gasteiger partial charge in [0.2, 0.25) is 5.91 Å². The topological polar surface area (TPSA) is 51.2 Å². The molecule has 0 unspecified atom stereocenters. The number of carbonyl (C=O) groups excluding carboxylic acids is 1. The number of pyridine rings is 1. The smallest absolute Gasteiger partial charge is 0.387 e. The van der Waals surface area contributed by atoms with Crippen LogP contribution in [-0.2, 0) is 11.2 Å². The van der Waals surface area contributed by atoms with Crippen LogP contribution >= 0.6 is 11.8 Å². The highest BCUT2D eigenvalue weighted by molar-refractivity contribution is 7.99. The zero-order valence-electron chi connectivity index (χ0n) is 14.4. The Morgan fingerprint density at radius 3 is 2.63 bits per heavy atom. The molecule has 0 radical (unpaired) electrons. The van der Waals surface area contributed by atoms with Gasteiger partial charge in [0.05, 0.1) is 16.3 Å². The molecule has 0 aliphatic carbocycles. The van der Waals surface area contributed by atoms with Crippen molar-refractivity contribution in [2.24, 2.45) is 0 Å². The van der Waals surface area contributed by atoms with E-state index in [-0.39, 0.29) is 17.4 Å². The fraction of sp³-hybridized carbons (Fsp3) is 0.200. The van der Waals surface area contributed by atoms with Gasteiger partial charge in [-0.2, -0.15) is 8.78 Å². The van der Waals surface area contributed by atoms with Gasteiger partial charge in [-0.3, -0.25) is 4.79 Å². The zero-order valence-corrected chi connectivity index (χ0v) is 15.2. The molecule has 0 saturated carbocycles. The highest BCUT2D eigenvalue weighted by atomic mass is 32.2. The maximum absolute atomic E-state index is 12.1. The minimum absolute atomic E-state index is 0.0763. The second kappa shape index (κ2) is 9.32. The Hall–Kier alpha value is -2.67. The van der Waals surface area contributed by atoms with Gasteiger partial charge in [-0.1, -0.05) is 48.2 Å². The maximum Gasteiger partial charge on any atom is 0.387 e. The summed E-state index contributed by atoms with van der Waals surface area (Å²) in [6.07, 6.45) is 0.611. The fourth-order valence-corrected chi connectivity index (χ4v) is 3.21. The Balaban J connectivity index is 1.41. The number of halogens is 2. The van der Waals surface area contributed by atoms with E-state index < -0.39 is 6.61 Å². The van der Waals surface area contributed by atoms with Crippen LogP contribution in [0.1, 0.15) is 5.56 Å². The predicted octanol–water partition coefficient (Wildman–Crippen LogP) is 4.29. The van der Waals surface area contributed by atoms with Crippen LogP contribution in [0.5, 0.6) is 5.75 Å². The zero-order chi connectivity index (χ0) is 19.1. The summed E-state index contributed by atoms with van der Waals surface area (Å²) in [5.74, 6) is 0.330. The van der Waals surface area contributed by atoms with Crippen molar-refractivity contribution in [1.82, 2.24) is 10.3 Å². The molecular weight excluding hydrogens is 370 g/mol. The number of amides is 1. The van der Waals surface area contributed by atoms with E-state index in [4.69, 9.17) is 0 Å². The van der Waals surface area contributed by atoms with Crippen molar-refractivity contribution in [3.63, 3.8) is 0 Å². The number of rotatable bonds is 8. The molecule has 1 N–H and O–H groups in total. The van der Waals surface area contributed by atoms with Crippen molar-refractivity contribution >= 4 is 28.6 Å². The fourth-order valence-electron chi connectivity index (χ4n) is 2.50. The van der Waals surface area contributed by atoms with Crippen molar-refractivity contribution in [1.29, 1.82) is 0 Å². The summed E-state index contributed by atoms with van der Waals surface area (Å²) in [5, 5.41) is 4.72. The largest absolute Gasteiger partial charge is 0.435 e. The number of fused-ring (bicyclic) bond motifs is 1. The van der Waals surface area contributed by atoms with Crippen LogP contribution in [0.4, 0.5) is 8.78 Å². The molecule has 0 spiro atoms. The molecular formula is C20H18F2N2O2S. The number of ether oxygens (including phenoxy) is 1. The number of aromatic nitrogens is 1. The van der Waals surface area contributed by atoms with Gasteiger partial charge < -0.3 is 10.1 Å². The van der Waals surface area contributed by atoms with Gasteiger partial charge in [-0.05, 0) is 36.2 Å². The number of nitrogens with one attached hydrogen (secondary N) is 1. The molecule has 140 valence electrons. The Morgan fingerprint density at radius 2 is 1.85 bits per heavy atom. The first-order chi connectivity index (χ1) is 13.1. The van der Waals surface area contributed by atoms with E-state index in [1.165, 1.54) is 23.9 Å². The molecule has 3 aromatic rings. The number of alkyl halides is 2. The summed E-state index contributed by atoms with van der Waals surface area (Å²) < 4.78 is 28.5. The van der Waals surface area contributed by atoms with E-state index in [1.807, 2.05) is 36.4 Å². The van der Waals surface area contributed by atoms with Crippen LogP contribution in [0.25, 0.3) is 10.9 Å². The molecule has 0 aliphatic heterocycles. The van der Waals surface area contributed by atoms with Gasteiger partial charge >= 0.3 is 6.61 Å². The lowest BCUT2D eigenvalue weighted by molar-refractivity contribution is -0.118. The SMILES string of the molecule is O=C(CSc1ccc2ccccc2n1)NCCc1ccc(OC(F)F)cc1. The number of hydrogen-bond acceptors (Lipinski definition) is 4. The molecule has 2 aromatic carbocycles. The van der Waals surface area contributed by atoms with Crippen molar-refractivity contribution in [3.05, 3.63) is 66.2 Å². The number of nitrogens with zero attached hydrogens (tertiary/aromatic N) is 1. The highest BCUT2D eigenvalue weighted by Gasteiger charge is 2.06. The molecule has 7 heteroatoms. The number of benzene rings is 2. The van der Waals surface area contributed by atoms with Crippen molar-refractivity contribution in [3.8, 4) is 5.75 Å². The first kappa shape index (κ1) is 19.1. The minimum atomic E-state index is -2.83.